The third-order valence-corrected chi connectivity index (χ3v) is 6.23. The van der Waals surface area contributed by atoms with Crippen molar-refractivity contribution in [1.29, 1.82) is 0 Å². The highest BCUT2D eigenvalue weighted by Crippen LogP contribution is 2.40. The summed E-state index contributed by atoms with van der Waals surface area (Å²) in [6.45, 7) is 1.81. The summed E-state index contributed by atoms with van der Waals surface area (Å²) in [5.74, 6) is -0.997. The van der Waals surface area contributed by atoms with E-state index in [1.165, 1.54) is 17.5 Å². The first-order valence-electron chi connectivity index (χ1n) is 9.90. The average Bonchev–Trinajstić information content (AvgIpc) is 3.18. The molecule has 2 aromatic carbocycles. The molecule has 3 nitrogen and oxygen atoms in total. The molecule has 0 aliphatic carbocycles. The summed E-state index contributed by atoms with van der Waals surface area (Å²) in [5, 5.41) is 5.94. The van der Waals surface area contributed by atoms with Gasteiger partial charge in [0.2, 0.25) is 0 Å². The van der Waals surface area contributed by atoms with Crippen LogP contribution in [0.1, 0.15) is 28.1 Å². The van der Waals surface area contributed by atoms with Gasteiger partial charge in [0.05, 0.1) is 22.0 Å². The second-order valence-electron chi connectivity index (χ2n) is 7.57. The third-order valence-electron chi connectivity index (χ3n) is 5.13. The van der Waals surface area contributed by atoms with Gasteiger partial charge in [0, 0.05) is 18.0 Å². The number of thiazole rings is 1. The molecule has 0 radical (unpaired) electrons. The number of benzene rings is 2. The van der Waals surface area contributed by atoms with Crippen LogP contribution in [0, 0.1) is 12.7 Å². The summed E-state index contributed by atoms with van der Waals surface area (Å²) in [4.78, 5) is 8.86. The van der Waals surface area contributed by atoms with Gasteiger partial charge < -0.3 is 5.32 Å². The number of alkyl halides is 3. The largest absolute Gasteiger partial charge is 0.416 e. The summed E-state index contributed by atoms with van der Waals surface area (Å²) in [7, 11) is 0. The Balaban J connectivity index is 2.00. The van der Waals surface area contributed by atoms with Gasteiger partial charge in [-0.05, 0) is 48.4 Å². The van der Waals surface area contributed by atoms with E-state index in [-0.39, 0.29) is 12.0 Å². The van der Waals surface area contributed by atoms with Crippen LogP contribution in [0.5, 0.6) is 0 Å². The Morgan fingerprint density at radius 2 is 1.73 bits per heavy atom. The number of nitrogens with zero attached hydrogens (tertiary/aromatic N) is 2. The predicted molar refractivity (Wildman–Crippen MR) is 122 cm³/mol. The predicted octanol–water partition coefficient (Wildman–Crippen LogP) is 7.26. The maximum absolute atomic E-state index is 14.6. The molecule has 4 aromatic rings. The second kappa shape index (κ2) is 9.11. The Kier molecular flexibility index (Phi) is 6.41. The molecule has 0 aliphatic rings. The zero-order valence-electron chi connectivity index (χ0n) is 17.3. The lowest BCUT2D eigenvalue weighted by molar-refractivity contribution is -0.137. The van der Waals surface area contributed by atoms with Gasteiger partial charge in [0.25, 0.3) is 0 Å². The Labute approximate surface area is 197 Å². The van der Waals surface area contributed by atoms with Gasteiger partial charge in [-0.1, -0.05) is 41.9 Å². The van der Waals surface area contributed by atoms with Crippen LogP contribution in [-0.2, 0) is 18.1 Å². The number of halogens is 5. The number of anilines is 1. The summed E-state index contributed by atoms with van der Waals surface area (Å²) >= 11 is 7.34. The molecule has 2 heterocycles. The summed E-state index contributed by atoms with van der Waals surface area (Å²) in [6.07, 6.45) is -3.13. The monoisotopic (exact) mass is 491 g/mol. The van der Waals surface area contributed by atoms with E-state index in [2.05, 4.69) is 15.3 Å². The van der Waals surface area contributed by atoms with Crippen molar-refractivity contribution in [2.75, 3.05) is 5.32 Å². The lowest BCUT2D eigenvalue weighted by Gasteiger charge is -2.36. The van der Waals surface area contributed by atoms with Gasteiger partial charge in [0.15, 0.2) is 5.13 Å². The van der Waals surface area contributed by atoms with Crippen molar-refractivity contribution in [3.63, 3.8) is 0 Å². The molecular formula is C24H18ClF4N3S. The molecular weight excluding hydrogens is 474 g/mol. The fourth-order valence-corrected chi connectivity index (χ4v) is 4.52. The standard InChI is InChI=1S/C24H18ClF4N3S/c1-15-14-33-22(31-15)32-23(12-16-5-3-2-4-6-16,21-8-7-19(25)13-30-21)17-9-18(24(27,28)29)11-20(26)10-17/h2-11,13-14H,12H2,1H3,(H,31,32). The average molecular weight is 492 g/mol. The topological polar surface area (TPSA) is 37.8 Å². The van der Waals surface area contributed by atoms with E-state index in [1.807, 2.05) is 42.6 Å². The number of aromatic nitrogens is 2. The highest BCUT2D eigenvalue weighted by molar-refractivity contribution is 7.13. The lowest BCUT2D eigenvalue weighted by atomic mass is 9.80. The minimum atomic E-state index is -4.72. The molecule has 0 saturated heterocycles. The first-order valence-corrected chi connectivity index (χ1v) is 11.2. The van der Waals surface area contributed by atoms with Gasteiger partial charge in [-0.3, -0.25) is 4.98 Å². The zero-order valence-corrected chi connectivity index (χ0v) is 18.9. The first kappa shape index (κ1) is 23.2. The van der Waals surface area contributed by atoms with Crippen LogP contribution in [0.25, 0.3) is 0 Å². The van der Waals surface area contributed by atoms with Crippen molar-refractivity contribution in [3.8, 4) is 0 Å². The van der Waals surface area contributed by atoms with Gasteiger partial charge in [-0.2, -0.15) is 13.2 Å². The maximum atomic E-state index is 14.6. The molecule has 170 valence electrons. The third kappa shape index (κ3) is 5.17. The normalized spacial score (nSPS) is 13.5. The van der Waals surface area contributed by atoms with Crippen molar-refractivity contribution >= 4 is 28.1 Å². The van der Waals surface area contributed by atoms with E-state index in [0.717, 1.165) is 23.4 Å². The fraction of sp³-hybridized carbons (Fsp3) is 0.167. The molecule has 0 fully saturated rings. The van der Waals surface area contributed by atoms with Crippen molar-refractivity contribution in [1.82, 2.24) is 9.97 Å². The van der Waals surface area contributed by atoms with E-state index in [1.54, 1.807) is 12.1 Å². The van der Waals surface area contributed by atoms with Crippen molar-refractivity contribution in [3.05, 3.63) is 111 Å². The molecule has 0 bridgehead atoms. The zero-order chi connectivity index (χ0) is 23.6. The number of hydrogen-bond donors (Lipinski definition) is 1. The Morgan fingerprint density at radius 3 is 2.33 bits per heavy atom. The fourth-order valence-electron chi connectivity index (χ4n) is 3.64. The molecule has 33 heavy (non-hydrogen) atoms. The minimum absolute atomic E-state index is 0.0707. The van der Waals surface area contributed by atoms with Crippen LogP contribution in [-0.4, -0.2) is 9.97 Å². The van der Waals surface area contributed by atoms with Crippen molar-refractivity contribution in [2.45, 2.75) is 25.1 Å². The van der Waals surface area contributed by atoms with Crippen LogP contribution < -0.4 is 5.32 Å². The lowest BCUT2D eigenvalue weighted by Crippen LogP contribution is -2.40. The molecule has 0 aliphatic heterocycles. The summed E-state index contributed by atoms with van der Waals surface area (Å²) in [5.41, 5.74) is -0.439. The van der Waals surface area contributed by atoms with Crippen LogP contribution in [0.4, 0.5) is 22.7 Å². The van der Waals surface area contributed by atoms with E-state index >= 15 is 0 Å². The summed E-state index contributed by atoms with van der Waals surface area (Å²) < 4.78 is 55.4. The van der Waals surface area contributed by atoms with E-state index in [9.17, 15) is 17.6 Å². The number of pyridine rings is 1. The Morgan fingerprint density at radius 1 is 1.00 bits per heavy atom. The molecule has 4 rings (SSSR count). The van der Waals surface area contributed by atoms with E-state index in [0.29, 0.717) is 21.9 Å². The minimum Gasteiger partial charge on any atom is -0.346 e. The molecule has 0 spiro atoms. The highest BCUT2D eigenvalue weighted by atomic mass is 35.5. The number of nitrogens with one attached hydrogen (secondary N) is 1. The SMILES string of the molecule is Cc1csc(NC(Cc2ccccc2)(c2cc(F)cc(C(F)(F)F)c2)c2ccc(Cl)cn2)n1. The van der Waals surface area contributed by atoms with Crippen LogP contribution in [0.2, 0.25) is 5.02 Å². The van der Waals surface area contributed by atoms with Gasteiger partial charge in [-0.25, -0.2) is 9.37 Å². The smallest absolute Gasteiger partial charge is 0.346 e. The maximum Gasteiger partial charge on any atom is 0.416 e. The number of rotatable bonds is 6. The molecule has 1 N–H and O–H groups in total. The molecule has 9 heteroatoms. The van der Waals surface area contributed by atoms with Crippen molar-refractivity contribution < 1.29 is 17.6 Å². The summed E-state index contributed by atoms with van der Waals surface area (Å²) in [6, 6.07) is 15.0. The Hall–Kier alpha value is -2.97. The van der Waals surface area contributed by atoms with Crippen LogP contribution in [0.3, 0.4) is 0 Å². The highest BCUT2D eigenvalue weighted by Gasteiger charge is 2.40. The molecule has 1 atom stereocenters. The van der Waals surface area contributed by atoms with Crippen LogP contribution in [0.15, 0.2) is 72.2 Å². The van der Waals surface area contributed by atoms with Gasteiger partial charge >= 0.3 is 6.18 Å². The van der Waals surface area contributed by atoms with Crippen molar-refractivity contribution in [2.24, 2.45) is 0 Å². The van der Waals surface area contributed by atoms with E-state index in [4.69, 9.17) is 11.6 Å². The molecule has 2 aromatic heterocycles. The number of aryl methyl sites for hydroxylation is 1. The first-order chi connectivity index (χ1) is 15.7. The van der Waals surface area contributed by atoms with Gasteiger partial charge in [-0.15, -0.1) is 11.3 Å². The molecule has 0 saturated carbocycles. The quantitative estimate of drug-likeness (QED) is 0.288. The van der Waals surface area contributed by atoms with Gasteiger partial charge in [0.1, 0.15) is 11.4 Å². The number of hydrogen-bond acceptors (Lipinski definition) is 4. The van der Waals surface area contributed by atoms with Crippen LogP contribution >= 0.6 is 22.9 Å². The van der Waals surface area contributed by atoms with E-state index < -0.39 is 23.1 Å². The second-order valence-corrected chi connectivity index (χ2v) is 8.87. The molecule has 1 unspecified atom stereocenters. The Bertz CT molecular complexity index is 1240. The molecule has 0 amide bonds.